The van der Waals surface area contributed by atoms with Crippen LogP contribution in [0.3, 0.4) is 0 Å². The average Bonchev–Trinajstić information content (AvgIpc) is 2.96. The maximum Gasteiger partial charge on any atom is 0.0900 e. The standard InChI is InChI=1S/C21H32N2O2/c24-20(16-25-21-9-5-2-6-10-21)15-22-12-17-11-19(14-22)23(13-17)18-7-3-1-4-8-18/h1,3-4,7-8,17,19-21,24H,2,5-6,9-16H2. The second-order valence-electron chi connectivity index (χ2n) is 8.21. The first kappa shape index (κ1) is 17.3. The van der Waals surface area contributed by atoms with Crippen LogP contribution in [0.1, 0.15) is 38.5 Å². The van der Waals surface area contributed by atoms with Gasteiger partial charge in [-0.05, 0) is 37.3 Å². The summed E-state index contributed by atoms with van der Waals surface area (Å²) in [6, 6.07) is 11.4. The number of ether oxygens (including phenoxy) is 1. The van der Waals surface area contributed by atoms with Crippen molar-refractivity contribution in [2.24, 2.45) is 5.92 Å². The molecule has 3 aliphatic rings. The molecule has 0 amide bonds. The summed E-state index contributed by atoms with van der Waals surface area (Å²) < 4.78 is 5.96. The molecule has 0 spiro atoms. The van der Waals surface area contributed by atoms with E-state index in [9.17, 15) is 5.11 Å². The number of likely N-dealkylation sites (tertiary alicyclic amines) is 1. The summed E-state index contributed by atoms with van der Waals surface area (Å²) in [6.07, 6.45) is 7.58. The first-order chi connectivity index (χ1) is 12.3. The van der Waals surface area contributed by atoms with Gasteiger partial charge in [0.25, 0.3) is 0 Å². The number of aliphatic hydroxyl groups excluding tert-OH is 1. The van der Waals surface area contributed by atoms with Gasteiger partial charge in [0.2, 0.25) is 0 Å². The molecular weight excluding hydrogens is 312 g/mol. The van der Waals surface area contributed by atoms with E-state index in [1.54, 1.807) is 0 Å². The summed E-state index contributed by atoms with van der Waals surface area (Å²) in [7, 11) is 0. The topological polar surface area (TPSA) is 35.9 Å². The maximum absolute atomic E-state index is 10.4. The average molecular weight is 344 g/mol. The molecule has 1 aromatic carbocycles. The fraction of sp³-hybridized carbons (Fsp3) is 0.714. The Morgan fingerprint density at radius 3 is 2.64 bits per heavy atom. The fourth-order valence-electron chi connectivity index (χ4n) is 4.97. The van der Waals surface area contributed by atoms with Crippen LogP contribution in [0.25, 0.3) is 0 Å². The zero-order valence-electron chi connectivity index (χ0n) is 15.2. The van der Waals surface area contributed by atoms with Gasteiger partial charge in [-0.25, -0.2) is 0 Å². The summed E-state index contributed by atoms with van der Waals surface area (Å²) in [6.45, 7) is 4.58. The molecule has 0 aromatic heterocycles. The molecule has 2 bridgehead atoms. The van der Waals surface area contributed by atoms with Crippen LogP contribution in [0, 0.1) is 5.92 Å². The number of para-hydroxylation sites is 1. The van der Waals surface area contributed by atoms with Gasteiger partial charge in [0, 0.05) is 37.9 Å². The van der Waals surface area contributed by atoms with Crippen molar-refractivity contribution in [1.29, 1.82) is 0 Å². The quantitative estimate of drug-likeness (QED) is 0.861. The van der Waals surface area contributed by atoms with Crippen molar-refractivity contribution in [2.45, 2.75) is 56.8 Å². The number of β-amino-alcohol motifs (C(OH)–C–C–N with tert-alkyl or cyclic N) is 1. The number of fused-ring (bicyclic) bond motifs is 2. The predicted molar refractivity (Wildman–Crippen MR) is 101 cm³/mol. The molecule has 1 aromatic rings. The molecule has 3 atom stereocenters. The molecule has 4 rings (SSSR count). The van der Waals surface area contributed by atoms with E-state index in [4.69, 9.17) is 4.74 Å². The van der Waals surface area contributed by atoms with Crippen molar-refractivity contribution in [3.63, 3.8) is 0 Å². The summed E-state index contributed by atoms with van der Waals surface area (Å²) >= 11 is 0. The Bertz CT molecular complexity index is 532. The zero-order chi connectivity index (χ0) is 17.1. The Hall–Kier alpha value is -1.10. The van der Waals surface area contributed by atoms with Crippen molar-refractivity contribution in [1.82, 2.24) is 4.90 Å². The molecule has 0 radical (unpaired) electrons. The van der Waals surface area contributed by atoms with Gasteiger partial charge in [-0.15, -0.1) is 0 Å². The van der Waals surface area contributed by atoms with Crippen LogP contribution in [0.4, 0.5) is 5.69 Å². The lowest BCUT2D eigenvalue weighted by atomic mass is 9.98. The van der Waals surface area contributed by atoms with Crippen molar-refractivity contribution >= 4 is 5.69 Å². The number of hydrogen-bond acceptors (Lipinski definition) is 4. The van der Waals surface area contributed by atoms with Gasteiger partial charge in [-0.2, -0.15) is 0 Å². The number of benzene rings is 1. The number of piperidine rings is 1. The lowest BCUT2D eigenvalue weighted by Crippen LogP contribution is -2.46. The van der Waals surface area contributed by atoms with E-state index in [2.05, 4.69) is 40.1 Å². The second kappa shape index (κ2) is 8.07. The third kappa shape index (κ3) is 4.36. The highest BCUT2D eigenvalue weighted by atomic mass is 16.5. The maximum atomic E-state index is 10.4. The molecule has 3 fully saturated rings. The number of aliphatic hydroxyl groups is 1. The minimum absolute atomic E-state index is 0.357. The van der Waals surface area contributed by atoms with Crippen LogP contribution in [-0.2, 0) is 4.74 Å². The van der Waals surface area contributed by atoms with Gasteiger partial charge in [0.05, 0.1) is 18.8 Å². The minimum atomic E-state index is -0.357. The number of anilines is 1. The summed E-state index contributed by atoms with van der Waals surface area (Å²) in [5.74, 6) is 0.727. The minimum Gasteiger partial charge on any atom is -0.389 e. The molecule has 4 heteroatoms. The SMILES string of the molecule is OC(COC1CCCCC1)CN1CC2CC(C1)N(c1ccccc1)C2. The smallest absolute Gasteiger partial charge is 0.0900 e. The monoisotopic (exact) mass is 344 g/mol. The van der Waals surface area contributed by atoms with Crippen molar-refractivity contribution in [2.75, 3.05) is 37.7 Å². The first-order valence-corrected chi connectivity index (χ1v) is 10.1. The normalized spacial score (nSPS) is 29.1. The van der Waals surface area contributed by atoms with Gasteiger partial charge in [-0.3, -0.25) is 4.90 Å². The Labute approximate surface area is 151 Å². The predicted octanol–water partition coefficient (Wildman–Crippen LogP) is 2.91. The van der Waals surface area contributed by atoms with Gasteiger partial charge >= 0.3 is 0 Å². The van der Waals surface area contributed by atoms with Crippen LogP contribution >= 0.6 is 0 Å². The lowest BCUT2D eigenvalue weighted by Gasteiger charge is -2.34. The van der Waals surface area contributed by atoms with Crippen molar-refractivity contribution in [3.05, 3.63) is 30.3 Å². The number of hydrogen-bond donors (Lipinski definition) is 1. The molecule has 2 heterocycles. The summed E-state index contributed by atoms with van der Waals surface area (Å²) in [5, 5.41) is 10.4. The van der Waals surface area contributed by atoms with Crippen LogP contribution in [0.5, 0.6) is 0 Å². The van der Waals surface area contributed by atoms with E-state index in [0.29, 0.717) is 18.8 Å². The van der Waals surface area contributed by atoms with E-state index in [0.717, 1.165) is 32.1 Å². The highest BCUT2D eigenvalue weighted by Crippen LogP contribution is 2.33. The fourth-order valence-corrected chi connectivity index (χ4v) is 4.97. The molecule has 1 saturated carbocycles. The molecular formula is C21H32N2O2. The van der Waals surface area contributed by atoms with Crippen molar-refractivity contribution in [3.8, 4) is 0 Å². The Balaban J connectivity index is 1.26. The van der Waals surface area contributed by atoms with Crippen LogP contribution < -0.4 is 4.90 Å². The van der Waals surface area contributed by atoms with Crippen LogP contribution in [0.15, 0.2) is 30.3 Å². The molecule has 138 valence electrons. The molecule has 2 aliphatic heterocycles. The van der Waals surface area contributed by atoms with E-state index in [1.807, 2.05) is 0 Å². The molecule has 25 heavy (non-hydrogen) atoms. The van der Waals surface area contributed by atoms with Gasteiger partial charge in [-0.1, -0.05) is 37.5 Å². The van der Waals surface area contributed by atoms with E-state index in [1.165, 1.54) is 44.2 Å². The van der Waals surface area contributed by atoms with E-state index < -0.39 is 0 Å². The number of nitrogens with zero attached hydrogens (tertiary/aromatic N) is 2. The van der Waals surface area contributed by atoms with Crippen molar-refractivity contribution < 1.29 is 9.84 Å². The lowest BCUT2D eigenvalue weighted by molar-refractivity contribution is -0.0357. The third-order valence-corrected chi connectivity index (χ3v) is 6.12. The molecule has 1 aliphatic carbocycles. The number of rotatable bonds is 6. The highest BCUT2D eigenvalue weighted by Gasteiger charge is 2.38. The zero-order valence-corrected chi connectivity index (χ0v) is 15.2. The van der Waals surface area contributed by atoms with E-state index >= 15 is 0 Å². The highest BCUT2D eigenvalue weighted by molar-refractivity contribution is 5.48. The van der Waals surface area contributed by atoms with E-state index in [-0.39, 0.29) is 6.10 Å². The van der Waals surface area contributed by atoms with Crippen LogP contribution in [-0.4, -0.2) is 61.0 Å². The Morgan fingerprint density at radius 2 is 1.84 bits per heavy atom. The van der Waals surface area contributed by atoms with Gasteiger partial charge in [0.1, 0.15) is 0 Å². The Morgan fingerprint density at radius 1 is 1.04 bits per heavy atom. The first-order valence-electron chi connectivity index (χ1n) is 10.1. The second-order valence-corrected chi connectivity index (χ2v) is 8.21. The third-order valence-electron chi connectivity index (χ3n) is 6.12. The van der Waals surface area contributed by atoms with Gasteiger partial charge in [0.15, 0.2) is 0 Å². The molecule has 3 unspecified atom stereocenters. The van der Waals surface area contributed by atoms with Crippen LogP contribution in [0.2, 0.25) is 0 Å². The molecule has 4 nitrogen and oxygen atoms in total. The molecule has 2 saturated heterocycles. The Kier molecular flexibility index (Phi) is 5.59. The molecule has 1 N–H and O–H groups in total. The summed E-state index contributed by atoms with van der Waals surface area (Å²) in [5.41, 5.74) is 1.35. The summed E-state index contributed by atoms with van der Waals surface area (Å²) in [4.78, 5) is 5.02. The van der Waals surface area contributed by atoms with Gasteiger partial charge < -0.3 is 14.7 Å². The largest absolute Gasteiger partial charge is 0.389 e.